The molecule has 0 saturated heterocycles. The van der Waals surface area contributed by atoms with Gasteiger partial charge in [-0.3, -0.25) is 0 Å². The predicted octanol–water partition coefficient (Wildman–Crippen LogP) is 4.59. The average molecular weight is 317 g/mol. The molecule has 0 aliphatic carbocycles. The van der Waals surface area contributed by atoms with Gasteiger partial charge in [0, 0.05) is 28.7 Å². The molecule has 3 rings (SSSR count). The van der Waals surface area contributed by atoms with E-state index in [1.165, 1.54) is 0 Å². The molecule has 0 bridgehead atoms. The van der Waals surface area contributed by atoms with Crippen LogP contribution >= 0.6 is 23.2 Å². The fourth-order valence-electron chi connectivity index (χ4n) is 1.80. The SMILES string of the molecule is Clc1ccc(Nc2nccc(-c3ccnc(Cl)c3)n2)cc1. The zero-order valence-electron chi connectivity index (χ0n) is 10.8. The summed E-state index contributed by atoms with van der Waals surface area (Å²) >= 11 is 11.8. The fraction of sp³-hybridized carbons (Fsp3) is 0. The number of hydrogen-bond donors (Lipinski definition) is 1. The third-order valence-corrected chi connectivity index (χ3v) is 3.24. The van der Waals surface area contributed by atoms with Crippen molar-refractivity contribution in [3.05, 3.63) is 65.0 Å². The van der Waals surface area contributed by atoms with Crippen LogP contribution in [0.1, 0.15) is 0 Å². The Balaban J connectivity index is 1.88. The van der Waals surface area contributed by atoms with Crippen molar-refractivity contribution in [2.45, 2.75) is 0 Å². The molecule has 0 radical (unpaired) electrons. The van der Waals surface area contributed by atoms with E-state index in [2.05, 4.69) is 20.3 Å². The topological polar surface area (TPSA) is 50.7 Å². The van der Waals surface area contributed by atoms with Crippen LogP contribution in [0.5, 0.6) is 0 Å². The molecule has 2 heterocycles. The van der Waals surface area contributed by atoms with E-state index in [-0.39, 0.29) is 0 Å². The first-order chi connectivity index (χ1) is 10.2. The van der Waals surface area contributed by atoms with E-state index in [1.807, 2.05) is 24.3 Å². The lowest BCUT2D eigenvalue weighted by Crippen LogP contribution is -1.97. The van der Waals surface area contributed by atoms with Gasteiger partial charge in [-0.25, -0.2) is 15.0 Å². The summed E-state index contributed by atoms with van der Waals surface area (Å²) in [6, 6.07) is 12.8. The Bertz CT molecular complexity index is 760. The molecule has 104 valence electrons. The molecule has 1 N–H and O–H groups in total. The van der Waals surface area contributed by atoms with Gasteiger partial charge in [-0.05, 0) is 42.5 Å². The van der Waals surface area contributed by atoms with Crippen LogP contribution in [0.4, 0.5) is 11.6 Å². The summed E-state index contributed by atoms with van der Waals surface area (Å²) in [7, 11) is 0. The normalized spacial score (nSPS) is 10.4. The van der Waals surface area contributed by atoms with E-state index in [9.17, 15) is 0 Å². The Morgan fingerprint density at radius 1 is 0.857 bits per heavy atom. The Hall–Kier alpha value is -2.17. The number of anilines is 2. The van der Waals surface area contributed by atoms with Crippen molar-refractivity contribution in [3.8, 4) is 11.3 Å². The monoisotopic (exact) mass is 316 g/mol. The summed E-state index contributed by atoms with van der Waals surface area (Å²) in [4.78, 5) is 12.6. The molecule has 0 aliphatic rings. The zero-order valence-corrected chi connectivity index (χ0v) is 12.3. The second-order valence-electron chi connectivity index (χ2n) is 4.26. The molecule has 3 aromatic rings. The molecule has 1 aromatic carbocycles. The molecule has 0 spiro atoms. The number of rotatable bonds is 3. The van der Waals surface area contributed by atoms with E-state index in [0.717, 1.165) is 16.9 Å². The number of nitrogens with zero attached hydrogens (tertiary/aromatic N) is 3. The van der Waals surface area contributed by atoms with Gasteiger partial charge in [0.2, 0.25) is 5.95 Å². The molecule has 0 unspecified atom stereocenters. The number of nitrogens with one attached hydrogen (secondary N) is 1. The maximum atomic E-state index is 5.90. The molecule has 0 amide bonds. The van der Waals surface area contributed by atoms with Crippen molar-refractivity contribution in [1.29, 1.82) is 0 Å². The van der Waals surface area contributed by atoms with Gasteiger partial charge < -0.3 is 5.32 Å². The van der Waals surface area contributed by atoms with Gasteiger partial charge in [0.25, 0.3) is 0 Å². The van der Waals surface area contributed by atoms with Crippen LogP contribution < -0.4 is 5.32 Å². The third kappa shape index (κ3) is 3.48. The highest BCUT2D eigenvalue weighted by Gasteiger charge is 2.04. The van der Waals surface area contributed by atoms with Crippen LogP contribution in [0, 0.1) is 0 Å². The largest absolute Gasteiger partial charge is 0.324 e. The van der Waals surface area contributed by atoms with E-state index >= 15 is 0 Å². The minimum atomic E-state index is 0.429. The van der Waals surface area contributed by atoms with Gasteiger partial charge in [0.15, 0.2) is 0 Å². The Morgan fingerprint density at radius 3 is 2.38 bits per heavy atom. The molecular weight excluding hydrogens is 307 g/mol. The van der Waals surface area contributed by atoms with Crippen LogP contribution in [-0.4, -0.2) is 15.0 Å². The fourth-order valence-corrected chi connectivity index (χ4v) is 2.10. The van der Waals surface area contributed by atoms with Crippen molar-refractivity contribution in [3.63, 3.8) is 0 Å². The zero-order chi connectivity index (χ0) is 14.7. The van der Waals surface area contributed by atoms with Gasteiger partial charge in [-0.1, -0.05) is 23.2 Å². The number of aromatic nitrogens is 3. The lowest BCUT2D eigenvalue weighted by molar-refractivity contribution is 1.17. The summed E-state index contributed by atoms with van der Waals surface area (Å²) < 4.78 is 0. The molecule has 0 aliphatic heterocycles. The highest BCUT2D eigenvalue weighted by atomic mass is 35.5. The first-order valence-electron chi connectivity index (χ1n) is 6.18. The first-order valence-corrected chi connectivity index (χ1v) is 6.94. The maximum absolute atomic E-state index is 5.90. The number of pyridine rings is 1. The number of benzene rings is 1. The summed E-state index contributed by atoms with van der Waals surface area (Å²) in [5.41, 5.74) is 2.52. The highest BCUT2D eigenvalue weighted by Crippen LogP contribution is 2.21. The van der Waals surface area contributed by atoms with Crippen LogP contribution in [0.2, 0.25) is 10.2 Å². The Kier molecular flexibility index (Phi) is 3.99. The molecule has 0 saturated carbocycles. The molecule has 4 nitrogen and oxygen atoms in total. The summed E-state index contributed by atoms with van der Waals surface area (Å²) in [6.07, 6.45) is 3.33. The van der Waals surface area contributed by atoms with Gasteiger partial charge >= 0.3 is 0 Å². The summed E-state index contributed by atoms with van der Waals surface area (Å²) in [6.45, 7) is 0. The second-order valence-corrected chi connectivity index (χ2v) is 5.09. The smallest absolute Gasteiger partial charge is 0.227 e. The Morgan fingerprint density at radius 2 is 1.62 bits per heavy atom. The van der Waals surface area contributed by atoms with Crippen LogP contribution in [0.15, 0.2) is 54.9 Å². The second kappa shape index (κ2) is 6.08. The van der Waals surface area contributed by atoms with Crippen LogP contribution in [-0.2, 0) is 0 Å². The minimum absolute atomic E-state index is 0.429. The standard InChI is InChI=1S/C15H10Cl2N4/c16-11-1-3-12(4-2-11)20-15-19-8-6-13(21-15)10-5-7-18-14(17)9-10/h1-9H,(H,19,20,21). The molecule has 0 fully saturated rings. The number of halogens is 2. The molecule has 2 aromatic heterocycles. The van der Waals surface area contributed by atoms with Crippen molar-refractivity contribution in [1.82, 2.24) is 15.0 Å². The van der Waals surface area contributed by atoms with Crippen molar-refractivity contribution >= 4 is 34.8 Å². The van der Waals surface area contributed by atoms with Crippen LogP contribution in [0.3, 0.4) is 0 Å². The lowest BCUT2D eigenvalue weighted by Gasteiger charge is -2.06. The van der Waals surface area contributed by atoms with Gasteiger partial charge in [-0.15, -0.1) is 0 Å². The third-order valence-electron chi connectivity index (χ3n) is 2.78. The Labute approximate surface area is 131 Å². The summed E-state index contributed by atoms with van der Waals surface area (Å²) in [5.74, 6) is 0.503. The number of hydrogen-bond acceptors (Lipinski definition) is 4. The maximum Gasteiger partial charge on any atom is 0.227 e. The van der Waals surface area contributed by atoms with Crippen molar-refractivity contribution in [2.75, 3.05) is 5.32 Å². The quantitative estimate of drug-likeness (QED) is 0.718. The predicted molar refractivity (Wildman–Crippen MR) is 85.0 cm³/mol. The van der Waals surface area contributed by atoms with Crippen LogP contribution in [0.25, 0.3) is 11.3 Å². The first kappa shape index (κ1) is 13.8. The van der Waals surface area contributed by atoms with Gasteiger partial charge in [0.05, 0.1) is 5.69 Å². The minimum Gasteiger partial charge on any atom is -0.324 e. The molecular formula is C15H10Cl2N4. The highest BCUT2D eigenvalue weighted by molar-refractivity contribution is 6.30. The van der Waals surface area contributed by atoms with Gasteiger partial charge in [-0.2, -0.15) is 0 Å². The van der Waals surface area contributed by atoms with E-state index in [0.29, 0.717) is 16.1 Å². The lowest BCUT2D eigenvalue weighted by atomic mass is 10.2. The molecule has 0 atom stereocenters. The molecule has 6 heteroatoms. The van der Waals surface area contributed by atoms with Gasteiger partial charge in [0.1, 0.15) is 5.15 Å². The van der Waals surface area contributed by atoms with E-state index in [1.54, 1.807) is 30.6 Å². The molecule has 21 heavy (non-hydrogen) atoms. The average Bonchev–Trinajstić information content (AvgIpc) is 2.50. The van der Waals surface area contributed by atoms with Crippen molar-refractivity contribution < 1.29 is 0 Å². The van der Waals surface area contributed by atoms with E-state index in [4.69, 9.17) is 23.2 Å². The van der Waals surface area contributed by atoms with E-state index < -0.39 is 0 Å². The van der Waals surface area contributed by atoms with Crippen molar-refractivity contribution in [2.24, 2.45) is 0 Å². The summed E-state index contributed by atoms with van der Waals surface area (Å²) in [5, 5.41) is 4.24.